The van der Waals surface area contributed by atoms with Crippen molar-refractivity contribution in [3.8, 4) is 0 Å². The summed E-state index contributed by atoms with van der Waals surface area (Å²) in [5, 5.41) is 12.5. The highest BCUT2D eigenvalue weighted by molar-refractivity contribution is 5.18. The Labute approximate surface area is 58.1 Å². The van der Waals surface area contributed by atoms with Gasteiger partial charge in [0.25, 0.3) is 0 Å². The molecule has 0 saturated heterocycles. The van der Waals surface area contributed by atoms with E-state index in [1.54, 1.807) is 24.3 Å². The second kappa shape index (κ2) is 3.06. The number of aliphatic hydroxyl groups is 1. The van der Waals surface area contributed by atoms with Crippen molar-refractivity contribution in [1.82, 2.24) is 0 Å². The monoisotopic (exact) mass is 137 g/mol. The first-order valence-corrected chi connectivity index (χ1v) is 2.92. The topological polar surface area (TPSA) is 69.0 Å². The number of hydrogen-bond donors (Lipinski definition) is 1. The van der Waals surface area contributed by atoms with E-state index >= 15 is 0 Å². The van der Waals surface area contributed by atoms with Gasteiger partial charge in [0.1, 0.15) is 0 Å². The number of hydrogen-bond acceptors (Lipinski definition) is 2. The maximum atomic E-state index is 9.10. The Morgan fingerprint density at radius 1 is 1.40 bits per heavy atom. The average Bonchev–Trinajstić information content (AvgIpc) is 1.94. The van der Waals surface area contributed by atoms with E-state index in [9.17, 15) is 0 Å². The van der Waals surface area contributed by atoms with Crippen LogP contribution in [0.15, 0.2) is 29.4 Å². The van der Waals surface area contributed by atoms with E-state index in [4.69, 9.17) is 10.6 Å². The Bertz CT molecular complexity index is 215. The summed E-state index contributed by atoms with van der Waals surface area (Å²) in [7, 11) is 0. The third-order valence-electron chi connectivity index (χ3n) is 1.26. The van der Waals surface area contributed by atoms with Crippen molar-refractivity contribution in [2.45, 2.75) is 12.1 Å². The second-order valence-electron chi connectivity index (χ2n) is 1.96. The van der Waals surface area contributed by atoms with Gasteiger partial charge in [-0.1, -0.05) is 29.4 Å². The highest BCUT2D eigenvalue weighted by Crippen LogP contribution is 2.07. The predicted octanol–water partition coefficient (Wildman–Crippen LogP) is 1.15. The molecule has 0 heterocycles. The van der Waals surface area contributed by atoms with Crippen LogP contribution in [0.2, 0.25) is 0 Å². The van der Waals surface area contributed by atoms with Gasteiger partial charge in [-0.05, 0) is 5.53 Å². The molecule has 0 bridgehead atoms. The summed E-state index contributed by atoms with van der Waals surface area (Å²) >= 11 is 0. The minimum Gasteiger partial charge on any atom is -0.388 e. The third kappa shape index (κ3) is 1.37. The Balaban J connectivity index is 2.69. The lowest BCUT2D eigenvalue weighted by Crippen LogP contribution is -2.20. The van der Waals surface area contributed by atoms with Crippen LogP contribution in [0, 0.1) is 0 Å². The average molecular weight is 137 g/mol. The maximum absolute atomic E-state index is 9.10. The van der Waals surface area contributed by atoms with E-state index in [-0.39, 0.29) is 0 Å². The summed E-state index contributed by atoms with van der Waals surface area (Å²) in [6.45, 7) is 0. The summed E-state index contributed by atoms with van der Waals surface area (Å²) in [6.07, 6.45) is 6.03. The van der Waals surface area contributed by atoms with E-state index in [0.717, 1.165) is 0 Å². The summed E-state index contributed by atoms with van der Waals surface area (Å²) in [6, 6.07) is -0.435. The van der Waals surface area contributed by atoms with Gasteiger partial charge >= 0.3 is 0 Å². The van der Waals surface area contributed by atoms with E-state index in [2.05, 4.69) is 10.0 Å². The fourth-order valence-corrected chi connectivity index (χ4v) is 0.750. The fourth-order valence-electron chi connectivity index (χ4n) is 0.750. The number of allylic oxidation sites excluding steroid dienone is 2. The molecule has 1 rings (SSSR count). The van der Waals surface area contributed by atoms with Crippen LogP contribution in [0.5, 0.6) is 0 Å². The molecule has 2 atom stereocenters. The van der Waals surface area contributed by atoms with Crippen LogP contribution >= 0.6 is 0 Å². The second-order valence-corrected chi connectivity index (χ2v) is 1.96. The Morgan fingerprint density at radius 2 is 2.10 bits per heavy atom. The Kier molecular flexibility index (Phi) is 2.10. The number of azide groups is 1. The molecule has 4 heteroatoms. The summed E-state index contributed by atoms with van der Waals surface area (Å²) in [5.74, 6) is 0. The van der Waals surface area contributed by atoms with Crippen LogP contribution in [0.3, 0.4) is 0 Å². The van der Waals surface area contributed by atoms with Crippen LogP contribution in [0.4, 0.5) is 0 Å². The van der Waals surface area contributed by atoms with Gasteiger partial charge in [0.05, 0.1) is 12.1 Å². The van der Waals surface area contributed by atoms with Crippen molar-refractivity contribution in [3.05, 3.63) is 34.7 Å². The molecule has 4 nitrogen and oxygen atoms in total. The number of aliphatic hydroxyl groups excluding tert-OH is 1. The first kappa shape index (κ1) is 6.86. The SMILES string of the molecule is [N-]=[N+]=N[C@H]1C=CC=C[C@@H]1O. The molecule has 1 aliphatic rings. The molecule has 0 spiro atoms. The molecule has 0 aromatic carbocycles. The minimum absolute atomic E-state index is 0.435. The molecule has 1 aliphatic carbocycles. The van der Waals surface area contributed by atoms with Crippen LogP contribution in [-0.4, -0.2) is 17.3 Å². The first-order chi connectivity index (χ1) is 4.84. The first-order valence-electron chi connectivity index (χ1n) is 2.92. The third-order valence-corrected chi connectivity index (χ3v) is 1.26. The van der Waals surface area contributed by atoms with Gasteiger partial charge in [-0.2, -0.15) is 0 Å². The van der Waals surface area contributed by atoms with Gasteiger partial charge in [0, 0.05) is 4.91 Å². The molecular weight excluding hydrogens is 130 g/mol. The van der Waals surface area contributed by atoms with Crippen molar-refractivity contribution in [2.75, 3.05) is 0 Å². The van der Waals surface area contributed by atoms with Crippen LogP contribution in [0.25, 0.3) is 10.4 Å². The van der Waals surface area contributed by atoms with Gasteiger partial charge < -0.3 is 5.11 Å². The zero-order valence-corrected chi connectivity index (χ0v) is 5.25. The van der Waals surface area contributed by atoms with Crippen molar-refractivity contribution in [3.63, 3.8) is 0 Å². The molecule has 0 aromatic heterocycles. The molecule has 0 saturated carbocycles. The quantitative estimate of drug-likeness (QED) is 0.328. The zero-order valence-electron chi connectivity index (χ0n) is 5.25. The largest absolute Gasteiger partial charge is 0.388 e. The lowest BCUT2D eigenvalue weighted by Gasteiger charge is -2.12. The van der Waals surface area contributed by atoms with Crippen molar-refractivity contribution >= 4 is 0 Å². The van der Waals surface area contributed by atoms with E-state index < -0.39 is 12.1 Å². The smallest absolute Gasteiger partial charge is 0.0854 e. The molecule has 10 heavy (non-hydrogen) atoms. The van der Waals surface area contributed by atoms with E-state index in [1.165, 1.54) is 0 Å². The van der Waals surface area contributed by atoms with Crippen LogP contribution < -0.4 is 0 Å². The summed E-state index contributed by atoms with van der Waals surface area (Å²) in [4.78, 5) is 2.59. The van der Waals surface area contributed by atoms with Crippen molar-refractivity contribution in [2.24, 2.45) is 5.11 Å². The molecular formula is C6H7N3O. The lowest BCUT2D eigenvalue weighted by molar-refractivity contribution is 0.207. The molecule has 0 aliphatic heterocycles. The summed E-state index contributed by atoms with van der Waals surface area (Å²) < 4.78 is 0. The maximum Gasteiger partial charge on any atom is 0.0854 e. The molecule has 52 valence electrons. The van der Waals surface area contributed by atoms with Gasteiger partial charge in [-0.3, -0.25) is 0 Å². The van der Waals surface area contributed by atoms with E-state index in [1.807, 2.05) is 0 Å². The van der Waals surface area contributed by atoms with E-state index in [0.29, 0.717) is 0 Å². The summed E-state index contributed by atoms with van der Waals surface area (Å²) in [5.41, 5.74) is 8.03. The van der Waals surface area contributed by atoms with Gasteiger partial charge in [0.15, 0.2) is 0 Å². The minimum atomic E-state index is -0.666. The highest BCUT2D eigenvalue weighted by atomic mass is 16.3. The van der Waals surface area contributed by atoms with Crippen molar-refractivity contribution in [1.29, 1.82) is 0 Å². The van der Waals surface area contributed by atoms with Crippen LogP contribution in [-0.2, 0) is 0 Å². The molecule has 0 fully saturated rings. The predicted molar refractivity (Wildman–Crippen MR) is 37.2 cm³/mol. The number of rotatable bonds is 1. The molecule has 1 N–H and O–H groups in total. The Morgan fingerprint density at radius 3 is 2.70 bits per heavy atom. The Hall–Kier alpha value is -1.25. The zero-order chi connectivity index (χ0) is 7.40. The van der Waals surface area contributed by atoms with Crippen molar-refractivity contribution < 1.29 is 5.11 Å². The molecule has 0 radical (unpaired) electrons. The van der Waals surface area contributed by atoms with Gasteiger partial charge in [0.2, 0.25) is 0 Å². The normalized spacial score (nSPS) is 29.7. The van der Waals surface area contributed by atoms with Gasteiger partial charge in [-0.25, -0.2) is 0 Å². The van der Waals surface area contributed by atoms with Gasteiger partial charge in [-0.15, -0.1) is 0 Å². The molecule has 0 aromatic rings. The standard InChI is InChI=1S/C6H7N3O/c7-9-8-5-3-1-2-4-6(5)10/h1-6,10H/t5-,6-/m0/s1. The lowest BCUT2D eigenvalue weighted by atomic mass is 10.1. The molecule has 0 amide bonds. The number of nitrogens with zero attached hydrogens (tertiary/aromatic N) is 3. The highest BCUT2D eigenvalue weighted by Gasteiger charge is 2.12. The molecule has 0 unspecified atom stereocenters. The fraction of sp³-hybridized carbons (Fsp3) is 0.333. The van der Waals surface area contributed by atoms with Crippen LogP contribution in [0.1, 0.15) is 0 Å².